The molecule has 1 amide bonds. The van der Waals surface area contributed by atoms with Crippen molar-refractivity contribution in [3.05, 3.63) is 36.5 Å². The first-order valence-corrected chi connectivity index (χ1v) is 9.04. The molecule has 2 aromatic rings. The molecule has 1 aliphatic carbocycles. The van der Waals surface area contributed by atoms with Crippen LogP contribution in [0.2, 0.25) is 0 Å². The van der Waals surface area contributed by atoms with Crippen molar-refractivity contribution in [3.63, 3.8) is 0 Å². The third kappa shape index (κ3) is 2.79. The van der Waals surface area contributed by atoms with Crippen LogP contribution in [0.1, 0.15) is 36.5 Å². The number of aliphatic hydroxyl groups excluding tert-OH is 1. The lowest BCUT2D eigenvalue weighted by atomic mass is 9.58. The number of hydrogen-bond donors (Lipinski definition) is 1. The monoisotopic (exact) mass is 357 g/mol. The molecular formula is C18H23N5O3. The topological polar surface area (TPSA) is 93.4 Å². The Kier molecular flexibility index (Phi) is 4.46. The summed E-state index contributed by atoms with van der Waals surface area (Å²) in [6.45, 7) is 3.89. The molecule has 1 spiro atoms. The van der Waals surface area contributed by atoms with Crippen molar-refractivity contribution in [2.45, 2.75) is 38.4 Å². The molecule has 8 heteroatoms. The lowest BCUT2D eigenvalue weighted by Crippen LogP contribution is -2.62. The second-order valence-electron chi connectivity index (χ2n) is 6.99. The highest BCUT2D eigenvalue weighted by molar-refractivity contribution is 5.94. The number of rotatable bonds is 4. The maximum atomic E-state index is 12.9. The molecule has 2 aromatic heterocycles. The number of pyridine rings is 1. The van der Waals surface area contributed by atoms with Gasteiger partial charge >= 0.3 is 0 Å². The number of likely N-dealkylation sites (tertiary alicyclic amines) is 1. The van der Waals surface area contributed by atoms with Crippen molar-refractivity contribution in [3.8, 4) is 5.82 Å². The number of carbonyl (C=O) groups is 1. The summed E-state index contributed by atoms with van der Waals surface area (Å²) in [5, 5.41) is 17.8. The minimum Gasteiger partial charge on any atom is -0.392 e. The fourth-order valence-electron chi connectivity index (χ4n) is 4.14. The second-order valence-corrected chi connectivity index (χ2v) is 6.99. The molecule has 0 radical (unpaired) electrons. The maximum Gasteiger partial charge on any atom is 0.254 e. The summed E-state index contributed by atoms with van der Waals surface area (Å²) in [7, 11) is 0. The van der Waals surface area contributed by atoms with E-state index in [1.54, 1.807) is 35.6 Å². The molecule has 1 aliphatic heterocycles. The largest absolute Gasteiger partial charge is 0.392 e. The van der Waals surface area contributed by atoms with Crippen molar-refractivity contribution in [2.24, 2.45) is 5.41 Å². The van der Waals surface area contributed by atoms with Crippen LogP contribution < -0.4 is 0 Å². The van der Waals surface area contributed by atoms with E-state index in [9.17, 15) is 9.90 Å². The van der Waals surface area contributed by atoms with Gasteiger partial charge in [0.25, 0.3) is 5.91 Å². The fraction of sp³-hybridized carbons (Fsp3) is 0.556. The number of ether oxygens (including phenoxy) is 1. The minimum atomic E-state index is -0.322. The fourth-order valence-corrected chi connectivity index (χ4v) is 4.14. The quantitative estimate of drug-likeness (QED) is 0.879. The molecule has 4 rings (SSSR count). The van der Waals surface area contributed by atoms with E-state index in [0.717, 1.165) is 12.8 Å². The van der Waals surface area contributed by atoms with E-state index in [1.165, 1.54) is 0 Å². The number of nitrogens with zero attached hydrogens (tertiary/aromatic N) is 5. The number of aromatic nitrogens is 4. The molecule has 0 unspecified atom stereocenters. The first-order chi connectivity index (χ1) is 12.6. The van der Waals surface area contributed by atoms with Gasteiger partial charge in [-0.15, -0.1) is 10.2 Å². The predicted molar refractivity (Wildman–Crippen MR) is 92.8 cm³/mol. The summed E-state index contributed by atoms with van der Waals surface area (Å²) in [5.41, 5.74) is 0.411. The van der Waals surface area contributed by atoms with Gasteiger partial charge in [-0.2, -0.15) is 0 Å². The van der Waals surface area contributed by atoms with Crippen LogP contribution >= 0.6 is 0 Å². The number of hydrogen-bond acceptors (Lipinski definition) is 6. The summed E-state index contributed by atoms with van der Waals surface area (Å²) >= 11 is 0. The van der Waals surface area contributed by atoms with Crippen molar-refractivity contribution in [2.75, 3.05) is 19.7 Å². The Hall–Kier alpha value is -2.32. The van der Waals surface area contributed by atoms with Crippen LogP contribution in [0.15, 0.2) is 31.0 Å². The van der Waals surface area contributed by atoms with E-state index in [-0.39, 0.29) is 23.5 Å². The zero-order chi connectivity index (χ0) is 18.1. The zero-order valence-electron chi connectivity index (χ0n) is 14.8. The molecule has 2 atom stereocenters. The Morgan fingerprint density at radius 3 is 2.73 bits per heavy atom. The highest BCUT2D eigenvalue weighted by Gasteiger charge is 2.56. The molecule has 1 saturated carbocycles. The Morgan fingerprint density at radius 2 is 2.08 bits per heavy atom. The summed E-state index contributed by atoms with van der Waals surface area (Å²) in [6, 6.07) is 3.47. The Balaban J connectivity index is 1.45. The molecule has 1 N–H and O–H groups in total. The zero-order valence-corrected chi connectivity index (χ0v) is 14.8. The van der Waals surface area contributed by atoms with Crippen LogP contribution in [-0.2, 0) is 4.74 Å². The third-order valence-corrected chi connectivity index (χ3v) is 5.77. The van der Waals surface area contributed by atoms with E-state index in [4.69, 9.17) is 4.74 Å². The Morgan fingerprint density at radius 1 is 1.35 bits per heavy atom. The molecule has 0 bridgehead atoms. The van der Waals surface area contributed by atoms with Gasteiger partial charge < -0.3 is 14.7 Å². The Labute approximate surface area is 151 Å². The first-order valence-electron chi connectivity index (χ1n) is 9.04. The summed E-state index contributed by atoms with van der Waals surface area (Å²) in [5.74, 6) is 0.596. The van der Waals surface area contributed by atoms with E-state index in [0.29, 0.717) is 37.5 Å². The van der Waals surface area contributed by atoms with Crippen LogP contribution in [0.3, 0.4) is 0 Å². The highest BCUT2D eigenvalue weighted by Crippen LogP contribution is 2.51. The van der Waals surface area contributed by atoms with Crippen LogP contribution in [0.4, 0.5) is 0 Å². The van der Waals surface area contributed by atoms with Crippen molar-refractivity contribution < 1.29 is 14.6 Å². The molecule has 1 saturated heterocycles. The average molecular weight is 357 g/mol. The molecule has 2 fully saturated rings. The molecule has 2 aliphatic rings. The first kappa shape index (κ1) is 17.1. The maximum absolute atomic E-state index is 12.9. The SMILES string of the molecule is CCO[C@@H]1C[C@H](O)C12CCN(C(=O)c1ccnc(-n3cnnc3)c1)CC2. The van der Waals surface area contributed by atoms with E-state index in [1.807, 2.05) is 11.8 Å². The molecule has 3 heterocycles. The normalized spacial score (nSPS) is 24.5. The van der Waals surface area contributed by atoms with Crippen LogP contribution in [0.25, 0.3) is 5.82 Å². The summed E-state index contributed by atoms with van der Waals surface area (Å²) in [6.07, 6.45) is 6.75. The van der Waals surface area contributed by atoms with Gasteiger partial charge in [0.1, 0.15) is 18.5 Å². The molecule has 26 heavy (non-hydrogen) atoms. The number of amides is 1. The van der Waals surface area contributed by atoms with Gasteiger partial charge in [0.05, 0.1) is 12.2 Å². The predicted octanol–water partition coefficient (Wildman–Crippen LogP) is 1.05. The highest BCUT2D eigenvalue weighted by atomic mass is 16.5. The number of piperidine rings is 1. The van der Waals surface area contributed by atoms with Crippen molar-refractivity contribution in [1.29, 1.82) is 0 Å². The van der Waals surface area contributed by atoms with Gasteiger partial charge in [-0.1, -0.05) is 0 Å². The molecule has 8 nitrogen and oxygen atoms in total. The summed E-state index contributed by atoms with van der Waals surface area (Å²) in [4.78, 5) is 19.0. The average Bonchev–Trinajstić information content (AvgIpc) is 3.22. The third-order valence-electron chi connectivity index (χ3n) is 5.77. The van der Waals surface area contributed by atoms with Gasteiger partial charge in [-0.05, 0) is 31.9 Å². The van der Waals surface area contributed by atoms with E-state index in [2.05, 4.69) is 15.2 Å². The van der Waals surface area contributed by atoms with Crippen LogP contribution in [-0.4, -0.2) is 67.6 Å². The van der Waals surface area contributed by atoms with Gasteiger partial charge in [0.2, 0.25) is 0 Å². The van der Waals surface area contributed by atoms with Crippen molar-refractivity contribution in [1.82, 2.24) is 24.6 Å². The van der Waals surface area contributed by atoms with Gasteiger partial charge in [0, 0.05) is 43.3 Å². The van der Waals surface area contributed by atoms with Crippen LogP contribution in [0.5, 0.6) is 0 Å². The summed E-state index contributed by atoms with van der Waals surface area (Å²) < 4.78 is 7.46. The molecular weight excluding hydrogens is 334 g/mol. The number of aliphatic hydroxyl groups is 1. The standard InChI is InChI=1S/C18H23N5O3/c1-2-26-15-10-14(24)18(15)4-7-22(8-5-18)17(25)13-3-6-19-16(9-13)23-11-20-21-12-23/h3,6,9,11-12,14-15,24H,2,4-5,7-8,10H2,1H3/t14-,15+/m0/s1. The van der Waals surface area contributed by atoms with Crippen LogP contribution in [0, 0.1) is 5.41 Å². The van der Waals surface area contributed by atoms with Gasteiger partial charge in [-0.25, -0.2) is 4.98 Å². The lowest BCUT2D eigenvalue weighted by Gasteiger charge is -2.56. The van der Waals surface area contributed by atoms with E-state index < -0.39 is 0 Å². The minimum absolute atomic E-state index is 0.0154. The van der Waals surface area contributed by atoms with E-state index >= 15 is 0 Å². The lowest BCUT2D eigenvalue weighted by molar-refractivity contribution is -0.207. The second kappa shape index (κ2) is 6.77. The van der Waals surface area contributed by atoms with Crippen molar-refractivity contribution >= 4 is 5.91 Å². The van der Waals surface area contributed by atoms with Gasteiger partial charge in [-0.3, -0.25) is 9.36 Å². The van der Waals surface area contributed by atoms with Gasteiger partial charge in [0.15, 0.2) is 0 Å². The molecule has 138 valence electrons. The molecule has 0 aromatic carbocycles. The smallest absolute Gasteiger partial charge is 0.254 e. The number of carbonyl (C=O) groups excluding carboxylic acids is 1. The Bertz CT molecular complexity index is 769.